The molecule has 8 heteroatoms. The molecule has 4 rings (SSSR count). The predicted octanol–water partition coefficient (Wildman–Crippen LogP) is 5.23. The lowest BCUT2D eigenvalue weighted by Crippen LogP contribution is -2.32. The fourth-order valence-corrected chi connectivity index (χ4v) is 4.55. The minimum absolute atomic E-state index is 0.259. The number of thioether (sulfide) groups is 1. The van der Waals surface area contributed by atoms with Crippen LogP contribution in [0.3, 0.4) is 0 Å². The molecule has 1 aliphatic rings. The van der Waals surface area contributed by atoms with Gasteiger partial charge in [0.1, 0.15) is 18.2 Å². The Balaban J connectivity index is 1.47. The van der Waals surface area contributed by atoms with Gasteiger partial charge < -0.3 is 14.2 Å². The molecule has 0 radical (unpaired) electrons. The molecule has 3 aromatic rings. The molecule has 1 heterocycles. The Bertz CT molecular complexity index is 1170. The number of carbonyl (C=O) groups is 2. The molecule has 0 saturated carbocycles. The van der Waals surface area contributed by atoms with Crippen LogP contribution >= 0.6 is 11.8 Å². The molecule has 0 spiro atoms. The summed E-state index contributed by atoms with van der Waals surface area (Å²) in [5, 5.41) is -0.890. The molecule has 0 bridgehead atoms. The lowest BCUT2D eigenvalue weighted by atomic mass is 10.1. The van der Waals surface area contributed by atoms with Crippen molar-refractivity contribution in [1.29, 1.82) is 0 Å². The summed E-state index contributed by atoms with van der Waals surface area (Å²) >= 11 is 0.996. The number of benzene rings is 3. The molecule has 33 heavy (non-hydrogen) atoms. The Morgan fingerprint density at radius 3 is 2.30 bits per heavy atom. The molecule has 1 saturated heterocycles. The van der Waals surface area contributed by atoms with Crippen molar-refractivity contribution in [1.82, 2.24) is 0 Å². The lowest BCUT2D eigenvalue weighted by molar-refractivity contribution is -0.117. The van der Waals surface area contributed by atoms with Crippen LogP contribution in [0.15, 0.2) is 66.7 Å². The molecule has 0 N–H and O–H groups in total. The van der Waals surface area contributed by atoms with Crippen molar-refractivity contribution in [3.63, 3.8) is 0 Å². The third-order valence-electron chi connectivity index (χ3n) is 5.20. The van der Waals surface area contributed by atoms with E-state index in [1.54, 1.807) is 48.5 Å². The summed E-state index contributed by atoms with van der Waals surface area (Å²) < 4.78 is 29.7. The van der Waals surface area contributed by atoms with Gasteiger partial charge in [-0.3, -0.25) is 9.59 Å². The van der Waals surface area contributed by atoms with Crippen LogP contribution in [-0.2, 0) is 17.8 Å². The number of nitrogens with zero attached hydrogens (tertiary/aromatic N) is 1. The van der Waals surface area contributed by atoms with Crippen LogP contribution in [0.2, 0.25) is 0 Å². The number of methoxy groups -OCH3 is 2. The summed E-state index contributed by atoms with van der Waals surface area (Å²) in [5.41, 5.74) is 2.10. The lowest BCUT2D eigenvalue weighted by Gasteiger charge is -2.17. The highest BCUT2D eigenvalue weighted by molar-refractivity contribution is 8.15. The molecule has 0 aromatic heterocycles. The van der Waals surface area contributed by atoms with Gasteiger partial charge in [0.25, 0.3) is 5.24 Å². The SMILES string of the molecule is COc1cc(C[C@H]2SC(=O)N(c3ccccc3OC)C2=O)ccc1OCc1ccc(F)cc1. The van der Waals surface area contributed by atoms with Crippen molar-refractivity contribution in [2.24, 2.45) is 0 Å². The van der Waals surface area contributed by atoms with E-state index in [0.29, 0.717) is 29.4 Å². The number of halogens is 1. The van der Waals surface area contributed by atoms with Gasteiger partial charge in [0.05, 0.1) is 25.2 Å². The summed E-state index contributed by atoms with van der Waals surface area (Å²) in [4.78, 5) is 26.8. The normalized spacial score (nSPS) is 15.6. The Kier molecular flexibility index (Phi) is 6.84. The molecular formula is C25H22FNO5S. The van der Waals surface area contributed by atoms with Gasteiger partial charge in [-0.2, -0.15) is 0 Å². The molecule has 2 amide bonds. The second-order valence-electron chi connectivity index (χ2n) is 7.32. The zero-order valence-electron chi connectivity index (χ0n) is 18.1. The van der Waals surface area contributed by atoms with E-state index in [2.05, 4.69) is 0 Å². The van der Waals surface area contributed by atoms with Crippen LogP contribution < -0.4 is 19.1 Å². The number of hydrogen-bond donors (Lipinski definition) is 0. The van der Waals surface area contributed by atoms with Gasteiger partial charge in [0.2, 0.25) is 5.91 Å². The minimum Gasteiger partial charge on any atom is -0.495 e. The standard InChI is InChI=1S/C25H22FNO5S/c1-30-20-6-4-3-5-19(20)27-24(28)23(33-25(27)29)14-17-9-12-21(22(13-17)31-2)32-15-16-7-10-18(26)11-8-16/h3-13,23H,14-15H2,1-2H3/t23-/m1/s1. The third kappa shape index (κ3) is 4.96. The topological polar surface area (TPSA) is 65.1 Å². The summed E-state index contributed by atoms with van der Waals surface area (Å²) in [5.74, 6) is 0.915. The molecule has 1 aliphatic heterocycles. The van der Waals surface area contributed by atoms with Gasteiger partial charge in [-0.05, 0) is 53.9 Å². The smallest absolute Gasteiger partial charge is 0.293 e. The summed E-state index contributed by atoms with van der Waals surface area (Å²) in [6.45, 7) is 0.259. The van der Waals surface area contributed by atoms with E-state index in [-0.39, 0.29) is 23.6 Å². The maximum Gasteiger partial charge on any atom is 0.293 e. The van der Waals surface area contributed by atoms with Crippen LogP contribution in [0.25, 0.3) is 0 Å². The van der Waals surface area contributed by atoms with E-state index in [1.807, 2.05) is 6.07 Å². The van der Waals surface area contributed by atoms with Crippen molar-refractivity contribution >= 4 is 28.6 Å². The van der Waals surface area contributed by atoms with E-state index in [1.165, 1.54) is 31.3 Å². The number of imide groups is 1. The highest BCUT2D eigenvalue weighted by Gasteiger charge is 2.41. The summed E-state index contributed by atoms with van der Waals surface area (Å²) in [6, 6.07) is 18.4. The fourth-order valence-electron chi connectivity index (χ4n) is 3.53. The van der Waals surface area contributed by atoms with Crippen LogP contribution in [0.5, 0.6) is 17.2 Å². The molecule has 170 valence electrons. The van der Waals surface area contributed by atoms with Gasteiger partial charge in [0, 0.05) is 0 Å². The zero-order valence-corrected chi connectivity index (χ0v) is 18.9. The first-order valence-electron chi connectivity index (χ1n) is 10.2. The number of hydrogen-bond acceptors (Lipinski definition) is 6. The number of carbonyl (C=O) groups excluding carboxylic acids is 2. The predicted molar refractivity (Wildman–Crippen MR) is 125 cm³/mol. The molecule has 1 atom stereocenters. The first-order chi connectivity index (χ1) is 16.0. The Hall–Kier alpha value is -3.52. The second kappa shape index (κ2) is 9.95. The maximum atomic E-state index is 13.1. The van der Waals surface area contributed by atoms with Gasteiger partial charge in [-0.25, -0.2) is 9.29 Å². The molecule has 3 aromatic carbocycles. The van der Waals surface area contributed by atoms with Gasteiger partial charge >= 0.3 is 0 Å². The first-order valence-corrected chi connectivity index (χ1v) is 11.1. The zero-order chi connectivity index (χ0) is 23.4. The highest BCUT2D eigenvalue weighted by Crippen LogP contribution is 2.38. The summed E-state index contributed by atoms with van der Waals surface area (Å²) in [6.07, 6.45) is 0.357. The van der Waals surface area contributed by atoms with E-state index in [0.717, 1.165) is 22.9 Å². The Morgan fingerprint density at radius 1 is 0.879 bits per heavy atom. The van der Waals surface area contributed by atoms with E-state index >= 15 is 0 Å². The number of amides is 2. The van der Waals surface area contributed by atoms with E-state index in [4.69, 9.17) is 14.2 Å². The average molecular weight is 468 g/mol. The quantitative estimate of drug-likeness (QED) is 0.452. The molecule has 0 aliphatic carbocycles. The van der Waals surface area contributed by atoms with Gasteiger partial charge in [-0.1, -0.05) is 42.1 Å². The van der Waals surface area contributed by atoms with Crippen molar-refractivity contribution in [3.05, 3.63) is 83.7 Å². The van der Waals surface area contributed by atoms with Crippen molar-refractivity contribution in [2.45, 2.75) is 18.3 Å². The first kappa shape index (κ1) is 22.7. The molecule has 0 unspecified atom stereocenters. The Morgan fingerprint density at radius 2 is 1.58 bits per heavy atom. The largest absolute Gasteiger partial charge is 0.495 e. The van der Waals surface area contributed by atoms with Crippen molar-refractivity contribution in [3.8, 4) is 17.2 Å². The number of anilines is 1. The van der Waals surface area contributed by atoms with Crippen LogP contribution in [0, 0.1) is 5.82 Å². The van der Waals surface area contributed by atoms with Gasteiger partial charge in [0.15, 0.2) is 11.5 Å². The van der Waals surface area contributed by atoms with Crippen LogP contribution in [0.1, 0.15) is 11.1 Å². The van der Waals surface area contributed by atoms with E-state index < -0.39 is 5.25 Å². The maximum absolute atomic E-state index is 13.1. The van der Waals surface area contributed by atoms with Crippen LogP contribution in [0.4, 0.5) is 14.9 Å². The summed E-state index contributed by atoms with van der Waals surface area (Å²) in [7, 11) is 3.03. The minimum atomic E-state index is -0.557. The molecule has 6 nitrogen and oxygen atoms in total. The molecular weight excluding hydrogens is 445 g/mol. The number of rotatable bonds is 8. The highest BCUT2D eigenvalue weighted by atomic mass is 32.2. The fraction of sp³-hybridized carbons (Fsp3) is 0.200. The third-order valence-corrected chi connectivity index (χ3v) is 6.24. The van der Waals surface area contributed by atoms with E-state index in [9.17, 15) is 14.0 Å². The monoisotopic (exact) mass is 467 g/mol. The molecule has 1 fully saturated rings. The Labute approximate surface area is 195 Å². The van der Waals surface area contributed by atoms with Crippen molar-refractivity contribution < 1.29 is 28.2 Å². The number of ether oxygens (including phenoxy) is 3. The number of para-hydroxylation sites is 2. The van der Waals surface area contributed by atoms with Crippen molar-refractivity contribution in [2.75, 3.05) is 19.1 Å². The van der Waals surface area contributed by atoms with Gasteiger partial charge in [-0.15, -0.1) is 0 Å². The average Bonchev–Trinajstić information content (AvgIpc) is 3.11. The van der Waals surface area contributed by atoms with Crippen LogP contribution in [-0.4, -0.2) is 30.6 Å². The second-order valence-corrected chi connectivity index (χ2v) is 8.48.